The third-order valence-corrected chi connectivity index (χ3v) is 4.52. The Hall–Kier alpha value is -1.09. The van der Waals surface area contributed by atoms with Crippen molar-refractivity contribution in [3.63, 3.8) is 0 Å². The first-order valence-electron chi connectivity index (χ1n) is 6.87. The summed E-state index contributed by atoms with van der Waals surface area (Å²) in [5.41, 5.74) is 6.32. The Kier molecular flexibility index (Phi) is 3.25. The van der Waals surface area contributed by atoms with Gasteiger partial charge in [0.15, 0.2) is 0 Å². The minimum Gasteiger partial charge on any atom is -0.493 e. The molecule has 2 aliphatic carbocycles. The van der Waals surface area contributed by atoms with E-state index in [-0.39, 0.29) is 5.82 Å². The molecule has 18 heavy (non-hydrogen) atoms. The first kappa shape index (κ1) is 12.0. The van der Waals surface area contributed by atoms with Crippen LogP contribution >= 0.6 is 0 Å². The summed E-state index contributed by atoms with van der Waals surface area (Å²) in [7, 11) is 0. The van der Waals surface area contributed by atoms with E-state index >= 15 is 0 Å². The summed E-state index contributed by atoms with van der Waals surface area (Å²) < 4.78 is 19.1. The Labute approximate surface area is 107 Å². The molecule has 0 amide bonds. The molecule has 2 saturated carbocycles. The van der Waals surface area contributed by atoms with Crippen molar-refractivity contribution in [2.75, 3.05) is 6.61 Å². The Balaban J connectivity index is 1.61. The van der Waals surface area contributed by atoms with E-state index in [1.165, 1.54) is 37.8 Å². The minimum atomic E-state index is -0.263. The number of ether oxygens (including phenoxy) is 1. The highest BCUT2D eigenvalue weighted by molar-refractivity contribution is 5.29. The molecule has 2 fully saturated rings. The van der Waals surface area contributed by atoms with Crippen LogP contribution in [0.15, 0.2) is 18.2 Å². The van der Waals surface area contributed by atoms with Crippen LogP contribution in [0.25, 0.3) is 0 Å². The number of halogens is 1. The van der Waals surface area contributed by atoms with E-state index < -0.39 is 0 Å². The van der Waals surface area contributed by atoms with Gasteiger partial charge in [0, 0.05) is 12.6 Å². The summed E-state index contributed by atoms with van der Waals surface area (Å²) in [6.45, 7) is 1.08. The molecule has 2 bridgehead atoms. The third-order valence-electron chi connectivity index (χ3n) is 4.52. The first-order valence-corrected chi connectivity index (χ1v) is 6.87. The summed E-state index contributed by atoms with van der Waals surface area (Å²) in [6.07, 6.45) is 5.43. The van der Waals surface area contributed by atoms with Crippen molar-refractivity contribution >= 4 is 0 Å². The molecule has 1 aromatic rings. The van der Waals surface area contributed by atoms with Gasteiger partial charge in [-0.1, -0.05) is 6.42 Å². The molecule has 2 N–H and O–H groups in total. The fourth-order valence-corrected chi connectivity index (χ4v) is 3.61. The fraction of sp³-hybridized carbons (Fsp3) is 0.600. The Bertz CT molecular complexity index is 435. The SMILES string of the molecule is NCc1cc(F)cc(OCC2CC3CCC2C3)c1. The number of fused-ring (bicyclic) bond motifs is 2. The van der Waals surface area contributed by atoms with Crippen molar-refractivity contribution < 1.29 is 9.13 Å². The Morgan fingerprint density at radius 3 is 2.78 bits per heavy atom. The van der Waals surface area contributed by atoms with E-state index in [0.717, 1.165) is 24.0 Å². The van der Waals surface area contributed by atoms with Crippen LogP contribution in [0.3, 0.4) is 0 Å². The van der Waals surface area contributed by atoms with E-state index in [9.17, 15) is 4.39 Å². The van der Waals surface area contributed by atoms with Crippen molar-refractivity contribution in [1.29, 1.82) is 0 Å². The van der Waals surface area contributed by atoms with Crippen LogP contribution in [0, 0.1) is 23.6 Å². The highest BCUT2D eigenvalue weighted by Gasteiger charge is 2.39. The van der Waals surface area contributed by atoms with Gasteiger partial charge in [-0.05, 0) is 54.7 Å². The number of benzene rings is 1. The average Bonchev–Trinajstić information content (AvgIpc) is 2.97. The molecule has 0 heterocycles. The van der Waals surface area contributed by atoms with Gasteiger partial charge in [0.1, 0.15) is 11.6 Å². The van der Waals surface area contributed by atoms with Gasteiger partial charge in [0.2, 0.25) is 0 Å². The van der Waals surface area contributed by atoms with Crippen LogP contribution in [0.2, 0.25) is 0 Å². The van der Waals surface area contributed by atoms with Crippen molar-refractivity contribution in [1.82, 2.24) is 0 Å². The van der Waals surface area contributed by atoms with Crippen molar-refractivity contribution in [3.8, 4) is 5.75 Å². The van der Waals surface area contributed by atoms with Crippen molar-refractivity contribution in [3.05, 3.63) is 29.6 Å². The molecule has 2 nitrogen and oxygen atoms in total. The van der Waals surface area contributed by atoms with Crippen LogP contribution in [-0.4, -0.2) is 6.61 Å². The number of nitrogens with two attached hydrogens (primary N) is 1. The van der Waals surface area contributed by atoms with Gasteiger partial charge in [-0.25, -0.2) is 4.39 Å². The zero-order valence-corrected chi connectivity index (χ0v) is 10.6. The van der Waals surface area contributed by atoms with Gasteiger partial charge in [-0.3, -0.25) is 0 Å². The molecule has 0 aliphatic heterocycles. The summed E-state index contributed by atoms with van der Waals surface area (Å²) in [4.78, 5) is 0. The maximum Gasteiger partial charge on any atom is 0.127 e. The highest BCUT2D eigenvalue weighted by atomic mass is 19.1. The van der Waals surface area contributed by atoms with E-state index in [1.807, 2.05) is 6.07 Å². The number of hydrogen-bond donors (Lipinski definition) is 1. The Morgan fingerprint density at radius 2 is 2.11 bits per heavy atom. The highest BCUT2D eigenvalue weighted by Crippen LogP contribution is 2.48. The second-order valence-electron chi connectivity index (χ2n) is 5.75. The number of rotatable bonds is 4. The largest absolute Gasteiger partial charge is 0.493 e. The normalized spacial score (nSPS) is 29.8. The molecule has 0 saturated heterocycles. The molecule has 3 heteroatoms. The predicted octanol–water partition coefficient (Wildman–Crippen LogP) is 3.10. The average molecular weight is 249 g/mol. The lowest BCUT2D eigenvalue weighted by Crippen LogP contribution is -2.18. The zero-order chi connectivity index (χ0) is 12.5. The van der Waals surface area contributed by atoms with Gasteiger partial charge in [0.05, 0.1) is 6.61 Å². The van der Waals surface area contributed by atoms with E-state index in [1.54, 1.807) is 0 Å². The molecule has 0 aromatic heterocycles. The van der Waals surface area contributed by atoms with E-state index in [4.69, 9.17) is 10.5 Å². The molecule has 2 aliphatic rings. The van der Waals surface area contributed by atoms with Crippen LogP contribution in [-0.2, 0) is 6.54 Å². The van der Waals surface area contributed by atoms with Gasteiger partial charge < -0.3 is 10.5 Å². The summed E-state index contributed by atoms with van der Waals surface area (Å²) in [6, 6.07) is 4.76. The Morgan fingerprint density at radius 1 is 1.22 bits per heavy atom. The third kappa shape index (κ3) is 2.37. The fourth-order valence-electron chi connectivity index (χ4n) is 3.61. The molecule has 98 valence electrons. The lowest BCUT2D eigenvalue weighted by Gasteiger charge is -2.21. The maximum atomic E-state index is 13.3. The standard InChI is InChI=1S/C15H20FNO/c16-14-5-11(8-17)6-15(7-14)18-9-13-4-10-1-2-12(13)3-10/h5-7,10,12-13H,1-4,8-9,17H2. The number of hydrogen-bond acceptors (Lipinski definition) is 2. The molecule has 3 rings (SSSR count). The molecular formula is C15H20FNO. The maximum absolute atomic E-state index is 13.3. The smallest absolute Gasteiger partial charge is 0.127 e. The first-order chi connectivity index (χ1) is 8.74. The molecule has 3 atom stereocenters. The molecule has 0 spiro atoms. The lowest BCUT2D eigenvalue weighted by atomic mass is 9.89. The molecule has 0 radical (unpaired) electrons. The monoisotopic (exact) mass is 249 g/mol. The van der Waals surface area contributed by atoms with Gasteiger partial charge in [-0.2, -0.15) is 0 Å². The van der Waals surface area contributed by atoms with Crippen molar-refractivity contribution in [2.45, 2.75) is 32.2 Å². The quantitative estimate of drug-likeness (QED) is 0.890. The van der Waals surface area contributed by atoms with Crippen LogP contribution in [0.1, 0.15) is 31.2 Å². The topological polar surface area (TPSA) is 35.2 Å². The van der Waals surface area contributed by atoms with Gasteiger partial charge in [0.25, 0.3) is 0 Å². The lowest BCUT2D eigenvalue weighted by molar-refractivity contribution is 0.194. The zero-order valence-electron chi connectivity index (χ0n) is 10.6. The molecule has 3 unspecified atom stereocenters. The summed E-state index contributed by atoms with van der Waals surface area (Å²) in [5.74, 6) is 2.81. The predicted molar refractivity (Wildman–Crippen MR) is 68.7 cm³/mol. The molecule has 1 aromatic carbocycles. The van der Waals surface area contributed by atoms with Crippen LogP contribution in [0.5, 0.6) is 5.75 Å². The van der Waals surface area contributed by atoms with E-state index in [2.05, 4.69) is 0 Å². The minimum absolute atomic E-state index is 0.263. The second kappa shape index (κ2) is 4.88. The van der Waals surface area contributed by atoms with Crippen LogP contribution in [0.4, 0.5) is 4.39 Å². The molecular weight excluding hydrogens is 229 g/mol. The summed E-state index contributed by atoms with van der Waals surface area (Å²) in [5, 5.41) is 0. The van der Waals surface area contributed by atoms with Crippen molar-refractivity contribution in [2.24, 2.45) is 23.5 Å². The second-order valence-corrected chi connectivity index (χ2v) is 5.75. The summed E-state index contributed by atoms with van der Waals surface area (Å²) >= 11 is 0. The van der Waals surface area contributed by atoms with Crippen LogP contribution < -0.4 is 10.5 Å². The van der Waals surface area contributed by atoms with E-state index in [0.29, 0.717) is 18.2 Å². The van der Waals surface area contributed by atoms with Gasteiger partial charge >= 0.3 is 0 Å². The van der Waals surface area contributed by atoms with Gasteiger partial charge in [-0.15, -0.1) is 0 Å².